The van der Waals surface area contributed by atoms with E-state index < -0.39 is 5.41 Å². The summed E-state index contributed by atoms with van der Waals surface area (Å²) < 4.78 is 17.1. The highest BCUT2D eigenvalue weighted by molar-refractivity contribution is 6.11. The fourth-order valence-corrected chi connectivity index (χ4v) is 5.19. The van der Waals surface area contributed by atoms with E-state index in [9.17, 15) is 9.59 Å². The van der Waals surface area contributed by atoms with E-state index in [-0.39, 0.29) is 25.3 Å². The third-order valence-electron chi connectivity index (χ3n) is 7.10. The second-order valence-corrected chi connectivity index (χ2v) is 9.53. The third kappa shape index (κ3) is 3.44. The van der Waals surface area contributed by atoms with E-state index in [1.54, 1.807) is 11.0 Å². The first-order chi connectivity index (χ1) is 17.5. The maximum atomic E-state index is 13.9. The van der Waals surface area contributed by atoms with Gasteiger partial charge in [0.2, 0.25) is 12.7 Å². The third-order valence-corrected chi connectivity index (χ3v) is 7.10. The van der Waals surface area contributed by atoms with Gasteiger partial charge in [-0.2, -0.15) is 0 Å². The van der Waals surface area contributed by atoms with Gasteiger partial charge in [-0.05, 0) is 41.3 Å². The summed E-state index contributed by atoms with van der Waals surface area (Å²) in [6.07, 6.45) is 0. The molecule has 3 aromatic rings. The van der Waals surface area contributed by atoms with Crippen LogP contribution in [-0.4, -0.2) is 38.4 Å². The lowest BCUT2D eigenvalue weighted by Gasteiger charge is -2.23. The van der Waals surface area contributed by atoms with Gasteiger partial charge in [-0.3, -0.25) is 4.79 Å². The Morgan fingerprint density at radius 2 is 1.72 bits per heavy atom. The van der Waals surface area contributed by atoms with Gasteiger partial charge in [-0.25, -0.2) is 4.79 Å². The monoisotopic (exact) mass is 485 g/mol. The van der Waals surface area contributed by atoms with Crippen LogP contribution in [0.4, 0.5) is 16.2 Å². The van der Waals surface area contributed by atoms with Gasteiger partial charge >= 0.3 is 6.03 Å². The van der Waals surface area contributed by atoms with Crippen LogP contribution in [0.2, 0.25) is 0 Å². The zero-order chi connectivity index (χ0) is 24.9. The minimum absolute atomic E-state index is 0.0761. The average molecular weight is 486 g/mol. The van der Waals surface area contributed by atoms with E-state index in [2.05, 4.69) is 24.5 Å². The Kier molecular flexibility index (Phi) is 5.25. The number of amides is 3. The Bertz CT molecular complexity index is 1350. The molecule has 2 N–H and O–H groups in total. The zero-order valence-electron chi connectivity index (χ0n) is 20.2. The number of hydrogen-bond acceptors (Lipinski definition) is 5. The minimum Gasteiger partial charge on any atom is -0.491 e. The lowest BCUT2D eigenvalue weighted by molar-refractivity contribution is -0.122. The molecule has 8 heteroatoms. The number of carbonyl (C=O) groups is 2. The number of benzene rings is 3. The molecule has 3 amide bonds. The number of carbonyl (C=O) groups excluding carboxylic acids is 2. The van der Waals surface area contributed by atoms with Gasteiger partial charge in [-0.15, -0.1) is 0 Å². The standard InChI is InChI=1S/C28H27N3O5/c1-17(2)18-7-9-19(10-8-18)30-27(33)29-11-12-31-22-6-4-3-5-20(22)28(26(31)32)15-34-23-14-25-24(13-21(23)28)35-16-36-25/h3-10,13-14,17H,11-12,15-16H2,1-2H3,(H2,29,30,33). The molecule has 1 unspecified atom stereocenters. The van der Waals surface area contributed by atoms with Gasteiger partial charge in [0.05, 0.1) is 0 Å². The molecule has 8 nitrogen and oxygen atoms in total. The van der Waals surface area contributed by atoms with Crippen LogP contribution in [0.5, 0.6) is 17.2 Å². The molecule has 0 saturated heterocycles. The molecule has 0 bridgehead atoms. The first-order valence-electron chi connectivity index (χ1n) is 12.1. The molecule has 36 heavy (non-hydrogen) atoms. The molecule has 1 atom stereocenters. The molecule has 3 aromatic carbocycles. The fourth-order valence-electron chi connectivity index (χ4n) is 5.19. The Morgan fingerprint density at radius 3 is 2.50 bits per heavy atom. The molecule has 6 rings (SSSR count). The first kappa shape index (κ1) is 22.3. The molecule has 0 saturated carbocycles. The van der Waals surface area contributed by atoms with Crippen LogP contribution >= 0.6 is 0 Å². The number of ether oxygens (including phenoxy) is 3. The van der Waals surface area contributed by atoms with Gasteiger partial charge in [0.25, 0.3) is 0 Å². The van der Waals surface area contributed by atoms with E-state index in [1.807, 2.05) is 54.6 Å². The van der Waals surface area contributed by atoms with Crippen molar-refractivity contribution in [2.24, 2.45) is 0 Å². The summed E-state index contributed by atoms with van der Waals surface area (Å²) in [4.78, 5) is 28.2. The number of para-hydroxylation sites is 1. The van der Waals surface area contributed by atoms with Gasteiger partial charge in [0.1, 0.15) is 17.8 Å². The van der Waals surface area contributed by atoms with Crippen LogP contribution in [0.25, 0.3) is 0 Å². The Labute approximate surface area is 209 Å². The quantitative estimate of drug-likeness (QED) is 0.560. The summed E-state index contributed by atoms with van der Waals surface area (Å²) in [7, 11) is 0. The van der Waals surface area contributed by atoms with Gasteiger partial charge in [0, 0.05) is 36.1 Å². The Hall–Kier alpha value is -4.20. The van der Waals surface area contributed by atoms with Gasteiger partial charge < -0.3 is 29.7 Å². The molecule has 3 aliphatic rings. The van der Waals surface area contributed by atoms with E-state index in [4.69, 9.17) is 14.2 Å². The van der Waals surface area contributed by atoms with Gasteiger partial charge in [0.15, 0.2) is 11.5 Å². The van der Waals surface area contributed by atoms with E-state index in [0.717, 1.165) is 22.5 Å². The number of hydrogen-bond donors (Lipinski definition) is 2. The molecule has 184 valence electrons. The van der Waals surface area contributed by atoms with Crippen molar-refractivity contribution >= 4 is 23.3 Å². The smallest absolute Gasteiger partial charge is 0.319 e. The van der Waals surface area contributed by atoms with Crippen LogP contribution in [0.15, 0.2) is 60.7 Å². The summed E-state index contributed by atoms with van der Waals surface area (Å²) in [6, 6.07) is 18.9. The summed E-state index contributed by atoms with van der Waals surface area (Å²) in [5, 5.41) is 5.72. The van der Waals surface area contributed by atoms with Crippen LogP contribution in [-0.2, 0) is 10.2 Å². The lowest BCUT2D eigenvalue weighted by atomic mass is 9.77. The number of fused-ring (bicyclic) bond motifs is 5. The van der Waals surface area contributed by atoms with Crippen LogP contribution in [0.1, 0.15) is 36.5 Å². The highest BCUT2D eigenvalue weighted by Crippen LogP contribution is 2.54. The molecule has 0 aliphatic carbocycles. The average Bonchev–Trinajstić information content (AvgIpc) is 3.55. The summed E-state index contributed by atoms with van der Waals surface area (Å²) in [5.74, 6) is 2.21. The number of nitrogens with zero attached hydrogens (tertiary/aromatic N) is 1. The van der Waals surface area contributed by atoms with Gasteiger partial charge in [-0.1, -0.05) is 44.2 Å². The number of rotatable bonds is 5. The molecule has 3 heterocycles. The SMILES string of the molecule is CC(C)c1ccc(NC(=O)NCCN2C(=O)C3(COc4cc5c(cc43)OCO5)c3ccccc32)cc1. The Morgan fingerprint density at radius 1 is 0.972 bits per heavy atom. The number of nitrogens with one attached hydrogen (secondary N) is 2. The van der Waals surface area contributed by atoms with Crippen molar-refractivity contribution in [1.82, 2.24) is 5.32 Å². The summed E-state index contributed by atoms with van der Waals surface area (Å²) in [5.41, 5.74) is 3.47. The van der Waals surface area contributed by atoms with E-state index in [1.165, 1.54) is 5.56 Å². The topological polar surface area (TPSA) is 89.1 Å². The maximum absolute atomic E-state index is 13.9. The molecular formula is C28H27N3O5. The highest BCUT2D eigenvalue weighted by Gasteiger charge is 2.57. The summed E-state index contributed by atoms with van der Waals surface area (Å²) >= 11 is 0. The first-order valence-corrected chi connectivity index (χ1v) is 12.1. The lowest BCUT2D eigenvalue weighted by Crippen LogP contribution is -2.45. The second-order valence-electron chi connectivity index (χ2n) is 9.53. The molecule has 3 aliphatic heterocycles. The van der Waals surface area contributed by atoms with Crippen molar-refractivity contribution in [2.45, 2.75) is 25.2 Å². The number of anilines is 2. The van der Waals surface area contributed by atoms with Crippen molar-refractivity contribution < 1.29 is 23.8 Å². The molecule has 0 radical (unpaired) electrons. The minimum atomic E-state index is -0.951. The van der Waals surface area contributed by atoms with E-state index in [0.29, 0.717) is 36.3 Å². The molecular weight excluding hydrogens is 458 g/mol. The van der Waals surface area contributed by atoms with Crippen molar-refractivity contribution in [3.05, 3.63) is 77.4 Å². The molecule has 0 aromatic heterocycles. The Balaban J connectivity index is 1.18. The molecule has 0 fully saturated rings. The van der Waals surface area contributed by atoms with Crippen molar-refractivity contribution in [1.29, 1.82) is 0 Å². The summed E-state index contributed by atoms with van der Waals surface area (Å²) in [6.45, 7) is 5.23. The predicted molar refractivity (Wildman–Crippen MR) is 135 cm³/mol. The largest absolute Gasteiger partial charge is 0.491 e. The van der Waals surface area contributed by atoms with Crippen molar-refractivity contribution in [3.8, 4) is 17.2 Å². The maximum Gasteiger partial charge on any atom is 0.319 e. The van der Waals surface area contributed by atoms with Crippen LogP contribution < -0.4 is 29.7 Å². The molecule has 1 spiro atoms. The second kappa shape index (κ2) is 8.48. The van der Waals surface area contributed by atoms with E-state index >= 15 is 0 Å². The van der Waals surface area contributed by atoms with Crippen molar-refractivity contribution in [3.63, 3.8) is 0 Å². The van der Waals surface area contributed by atoms with Crippen LogP contribution in [0, 0.1) is 0 Å². The fraction of sp³-hybridized carbons (Fsp3) is 0.286. The highest BCUT2D eigenvalue weighted by atomic mass is 16.7. The number of urea groups is 1. The van der Waals surface area contributed by atoms with Crippen LogP contribution in [0.3, 0.4) is 0 Å². The predicted octanol–water partition coefficient (Wildman–Crippen LogP) is 4.39. The zero-order valence-corrected chi connectivity index (χ0v) is 20.2. The normalized spacial score (nSPS) is 18.9. The van der Waals surface area contributed by atoms with Crippen molar-refractivity contribution in [2.75, 3.05) is 36.7 Å².